The summed E-state index contributed by atoms with van der Waals surface area (Å²) in [5, 5.41) is 12.8. The number of benzene rings is 2. The van der Waals surface area contributed by atoms with Crippen molar-refractivity contribution in [3.05, 3.63) is 52.5 Å². The Labute approximate surface area is 131 Å². The van der Waals surface area contributed by atoms with E-state index in [9.17, 15) is 0 Å². The van der Waals surface area contributed by atoms with E-state index in [0.717, 1.165) is 22.3 Å². The van der Waals surface area contributed by atoms with Crippen LogP contribution in [0.1, 0.15) is 24.1 Å². The molecule has 0 aliphatic rings. The summed E-state index contributed by atoms with van der Waals surface area (Å²) in [6.07, 6.45) is 0. The molecule has 0 radical (unpaired) electrons. The van der Waals surface area contributed by atoms with Crippen molar-refractivity contribution in [2.75, 3.05) is 5.32 Å². The van der Waals surface area contributed by atoms with Gasteiger partial charge < -0.3 is 5.32 Å². The summed E-state index contributed by atoms with van der Waals surface area (Å²) >= 11 is 7.44. The molecule has 1 atom stereocenters. The minimum Gasteiger partial charge on any atom is -0.375 e. The van der Waals surface area contributed by atoms with Crippen LogP contribution in [0.5, 0.6) is 0 Å². The highest BCUT2D eigenvalue weighted by atomic mass is 35.5. The van der Waals surface area contributed by atoms with Gasteiger partial charge in [-0.05, 0) is 36.8 Å². The maximum absolute atomic E-state index is 8.84. The van der Waals surface area contributed by atoms with Gasteiger partial charge in [0.2, 0.25) is 0 Å². The van der Waals surface area contributed by atoms with Crippen molar-refractivity contribution >= 4 is 40.0 Å². The Morgan fingerprint density at radius 2 is 1.95 bits per heavy atom. The summed E-state index contributed by atoms with van der Waals surface area (Å²) in [4.78, 5) is 0. The molecule has 0 aliphatic carbocycles. The van der Waals surface area contributed by atoms with E-state index in [1.54, 1.807) is 12.1 Å². The number of anilines is 1. The lowest BCUT2D eigenvalue weighted by atomic mass is 10.1. The van der Waals surface area contributed by atoms with Crippen molar-refractivity contribution in [3.8, 4) is 6.07 Å². The normalized spacial score (nSPS) is 12.0. The number of nitrogens with zero attached hydrogens (tertiary/aromatic N) is 3. The van der Waals surface area contributed by atoms with E-state index in [2.05, 4.69) is 20.1 Å². The molecule has 0 saturated carbocycles. The average Bonchev–Trinajstić information content (AvgIpc) is 2.99. The maximum Gasteiger partial charge on any atom is 0.129 e. The third-order valence-corrected chi connectivity index (χ3v) is 4.14. The Morgan fingerprint density at radius 1 is 1.19 bits per heavy atom. The van der Waals surface area contributed by atoms with E-state index in [0.29, 0.717) is 10.6 Å². The standard InChI is InChI=1S/C15H11ClN4S/c1-9(11-4-2-10(8-17)3-5-11)18-14-12(16)6-7-13-15(14)20-21-19-13/h2-7,9,18H,1H3. The molecular weight excluding hydrogens is 304 g/mol. The lowest BCUT2D eigenvalue weighted by molar-refractivity contribution is 0.886. The summed E-state index contributed by atoms with van der Waals surface area (Å²) in [6, 6.07) is 13.3. The third kappa shape index (κ3) is 2.68. The van der Waals surface area contributed by atoms with Crippen LogP contribution in [0.2, 0.25) is 5.02 Å². The van der Waals surface area contributed by atoms with Gasteiger partial charge in [0.1, 0.15) is 11.0 Å². The third-order valence-electron chi connectivity index (χ3n) is 3.28. The highest BCUT2D eigenvalue weighted by Crippen LogP contribution is 2.32. The van der Waals surface area contributed by atoms with E-state index in [1.165, 1.54) is 11.7 Å². The zero-order valence-electron chi connectivity index (χ0n) is 11.2. The molecule has 0 aliphatic heterocycles. The molecule has 0 fully saturated rings. The van der Waals surface area contributed by atoms with E-state index < -0.39 is 0 Å². The molecule has 2 aromatic carbocycles. The van der Waals surface area contributed by atoms with E-state index >= 15 is 0 Å². The Kier molecular flexibility index (Phi) is 3.74. The highest BCUT2D eigenvalue weighted by Gasteiger charge is 2.13. The van der Waals surface area contributed by atoms with Crippen LogP contribution in [0, 0.1) is 11.3 Å². The Morgan fingerprint density at radius 3 is 2.67 bits per heavy atom. The Bertz CT molecular complexity index is 820. The molecule has 3 rings (SSSR count). The second kappa shape index (κ2) is 5.68. The molecule has 0 bridgehead atoms. The lowest BCUT2D eigenvalue weighted by Gasteiger charge is -2.17. The van der Waals surface area contributed by atoms with Crippen molar-refractivity contribution in [2.24, 2.45) is 0 Å². The minimum atomic E-state index is 0.0440. The first-order chi connectivity index (χ1) is 10.2. The van der Waals surface area contributed by atoms with Crippen LogP contribution in [0.3, 0.4) is 0 Å². The molecule has 1 aromatic heterocycles. The second-order valence-corrected chi connectivity index (χ2v) is 5.59. The van der Waals surface area contributed by atoms with Gasteiger partial charge in [-0.3, -0.25) is 0 Å². The number of halogens is 1. The number of nitrogens with one attached hydrogen (secondary N) is 1. The number of hydrogen-bond donors (Lipinski definition) is 1. The Hall–Kier alpha value is -2.16. The fraction of sp³-hybridized carbons (Fsp3) is 0.133. The van der Waals surface area contributed by atoms with Crippen LogP contribution in [-0.4, -0.2) is 8.75 Å². The molecule has 1 heterocycles. The summed E-state index contributed by atoms with van der Waals surface area (Å²) in [7, 11) is 0. The van der Waals surface area contributed by atoms with Crippen molar-refractivity contribution in [2.45, 2.75) is 13.0 Å². The second-order valence-electron chi connectivity index (χ2n) is 4.65. The fourth-order valence-electron chi connectivity index (χ4n) is 2.11. The minimum absolute atomic E-state index is 0.0440. The van der Waals surface area contributed by atoms with Gasteiger partial charge in [0, 0.05) is 6.04 Å². The first-order valence-corrected chi connectivity index (χ1v) is 7.47. The van der Waals surface area contributed by atoms with Crippen LogP contribution >= 0.6 is 23.3 Å². The summed E-state index contributed by atoms with van der Waals surface area (Å²) in [5.74, 6) is 0. The zero-order chi connectivity index (χ0) is 14.8. The molecule has 104 valence electrons. The molecule has 3 aromatic rings. The van der Waals surface area contributed by atoms with Crippen LogP contribution in [0.15, 0.2) is 36.4 Å². The molecule has 0 amide bonds. The first kappa shape index (κ1) is 13.8. The molecule has 0 saturated heterocycles. The van der Waals surface area contributed by atoms with Crippen molar-refractivity contribution in [1.29, 1.82) is 5.26 Å². The molecule has 1 unspecified atom stereocenters. The molecular formula is C15H11ClN4S. The summed E-state index contributed by atoms with van der Waals surface area (Å²) in [6.45, 7) is 2.04. The van der Waals surface area contributed by atoms with Gasteiger partial charge in [-0.2, -0.15) is 14.0 Å². The van der Waals surface area contributed by atoms with Gasteiger partial charge in [0.25, 0.3) is 0 Å². The fourth-order valence-corrected chi connectivity index (χ4v) is 2.86. The number of hydrogen-bond acceptors (Lipinski definition) is 5. The lowest BCUT2D eigenvalue weighted by Crippen LogP contribution is -2.07. The number of rotatable bonds is 3. The van der Waals surface area contributed by atoms with Crippen LogP contribution in [0.25, 0.3) is 11.0 Å². The van der Waals surface area contributed by atoms with Gasteiger partial charge in [-0.1, -0.05) is 23.7 Å². The highest BCUT2D eigenvalue weighted by molar-refractivity contribution is 7.00. The Balaban J connectivity index is 1.92. The molecule has 1 N–H and O–H groups in total. The van der Waals surface area contributed by atoms with Gasteiger partial charge in [-0.25, -0.2) is 0 Å². The monoisotopic (exact) mass is 314 g/mol. The predicted octanol–water partition coefficient (Wildman–Crippen LogP) is 4.39. The first-order valence-electron chi connectivity index (χ1n) is 6.36. The van der Waals surface area contributed by atoms with Gasteiger partial charge >= 0.3 is 0 Å². The van der Waals surface area contributed by atoms with Crippen LogP contribution in [0.4, 0.5) is 5.69 Å². The van der Waals surface area contributed by atoms with Crippen LogP contribution in [-0.2, 0) is 0 Å². The number of aromatic nitrogens is 2. The summed E-state index contributed by atoms with van der Waals surface area (Å²) < 4.78 is 8.51. The van der Waals surface area contributed by atoms with Crippen molar-refractivity contribution < 1.29 is 0 Å². The quantitative estimate of drug-likeness (QED) is 0.778. The largest absolute Gasteiger partial charge is 0.375 e. The summed E-state index contributed by atoms with van der Waals surface area (Å²) in [5.41, 5.74) is 4.13. The zero-order valence-corrected chi connectivity index (χ0v) is 12.7. The van der Waals surface area contributed by atoms with Crippen molar-refractivity contribution in [3.63, 3.8) is 0 Å². The van der Waals surface area contributed by atoms with E-state index in [1.807, 2.05) is 31.2 Å². The van der Waals surface area contributed by atoms with Gasteiger partial charge in [0.15, 0.2) is 0 Å². The predicted molar refractivity (Wildman–Crippen MR) is 85.6 cm³/mol. The van der Waals surface area contributed by atoms with Gasteiger partial charge in [-0.15, -0.1) is 0 Å². The molecule has 6 heteroatoms. The van der Waals surface area contributed by atoms with E-state index in [-0.39, 0.29) is 6.04 Å². The van der Waals surface area contributed by atoms with E-state index in [4.69, 9.17) is 16.9 Å². The van der Waals surface area contributed by atoms with Gasteiger partial charge in [0.05, 0.1) is 34.1 Å². The molecule has 4 nitrogen and oxygen atoms in total. The molecule has 21 heavy (non-hydrogen) atoms. The SMILES string of the molecule is CC(Nc1c(Cl)ccc2nsnc12)c1ccc(C#N)cc1. The number of nitriles is 1. The van der Waals surface area contributed by atoms with Crippen molar-refractivity contribution in [1.82, 2.24) is 8.75 Å². The number of fused-ring (bicyclic) bond motifs is 1. The average molecular weight is 315 g/mol. The molecule has 0 spiro atoms. The smallest absolute Gasteiger partial charge is 0.129 e. The van der Waals surface area contributed by atoms with Crippen LogP contribution < -0.4 is 5.32 Å². The maximum atomic E-state index is 8.84. The topological polar surface area (TPSA) is 61.6 Å².